The Kier molecular flexibility index (Phi) is 8.51. The van der Waals surface area contributed by atoms with Gasteiger partial charge in [-0.25, -0.2) is 0 Å². The van der Waals surface area contributed by atoms with Crippen molar-refractivity contribution in [2.75, 3.05) is 56.9 Å². The third kappa shape index (κ3) is 7.23. The van der Waals surface area contributed by atoms with Crippen LogP contribution in [0.1, 0.15) is 15.9 Å². The molecule has 3 N–H and O–H groups in total. The van der Waals surface area contributed by atoms with Gasteiger partial charge in [-0.1, -0.05) is 12.1 Å². The maximum atomic E-state index is 12.8. The van der Waals surface area contributed by atoms with Crippen LogP contribution in [0.4, 0.5) is 22.7 Å². The second-order valence-corrected chi connectivity index (χ2v) is 8.81. The second kappa shape index (κ2) is 11.5. The van der Waals surface area contributed by atoms with Gasteiger partial charge in [-0.15, -0.1) is 0 Å². The zero-order chi connectivity index (χ0) is 24.7. The molecule has 34 heavy (non-hydrogen) atoms. The van der Waals surface area contributed by atoms with Crippen LogP contribution in [0.5, 0.6) is 5.75 Å². The van der Waals surface area contributed by atoms with Crippen molar-refractivity contribution in [3.63, 3.8) is 0 Å². The fraction of sp³-hybridized carbons (Fsp3) is 0.296. The number of hydrogen-bond donors (Lipinski definition) is 3. The lowest BCUT2D eigenvalue weighted by Crippen LogP contribution is -2.30. The first-order valence-corrected chi connectivity index (χ1v) is 11.2. The van der Waals surface area contributed by atoms with Crippen molar-refractivity contribution in [1.29, 1.82) is 0 Å². The Morgan fingerprint density at radius 2 is 1.71 bits per heavy atom. The molecule has 0 saturated carbocycles. The first kappa shape index (κ1) is 25.1. The SMILES string of the molecule is Cc1cc(Nc2cccc(N(C)C)c2)ccc1NC(=O)c1cccc(OCC(O)CN(C)C)c1. The number of anilines is 4. The molecule has 1 unspecified atom stereocenters. The summed E-state index contributed by atoms with van der Waals surface area (Å²) in [5.74, 6) is 0.323. The molecule has 3 aromatic rings. The minimum Gasteiger partial charge on any atom is -0.491 e. The van der Waals surface area contributed by atoms with Gasteiger partial charge in [0.2, 0.25) is 0 Å². The van der Waals surface area contributed by atoms with Gasteiger partial charge in [-0.05, 0) is 81.2 Å². The van der Waals surface area contributed by atoms with Gasteiger partial charge in [0.1, 0.15) is 18.5 Å². The number of benzene rings is 3. The lowest BCUT2D eigenvalue weighted by molar-refractivity contribution is 0.0830. The molecule has 0 aromatic heterocycles. The molecule has 0 aliphatic heterocycles. The van der Waals surface area contributed by atoms with Crippen LogP contribution < -0.4 is 20.3 Å². The smallest absolute Gasteiger partial charge is 0.255 e. The van der Waals surface area contributed by atoms with E-state index in [1.54, 1.807) is 24.3 Å². The van der Waals surface area contributed by atoms with Crippen molar-refractivity contribution in [3.8, 4) is 5.75 Å². The molecule has 3 rings (SSSR count). The fourth-order valence-corrected chi connectivity index (χ4v) is 3.50. The predicted octanol–water partition coefficient (Wildman–Crippen LogP) is 4.36. The Labute approximate surface area is 202 Å². The predicted molar refractivity (Wildman–Crippen MR) is 140 cm³/mol. The molecule has 7 nitrogen and oxygen atoms in total. The highest BCUT2D eigenvalue weighted by molar-refractivity contribution is 6.05. The van der Waals surface area contributed by atoms with E-state index in [4.69, 9.17) is 4.74 Å². The maximum Gasteiger partial charge on any atom is 0.255 e. The molecule has 0 spiro atoms. The van der Waals surface area contributed by atoms with Gasteiger partial charge in [-0.3, -0.25) is 4.79 Å². The molecule has 180 valence electrons. The lowest BCUT2D eigenvalue weighted by atomic mass is 10.1. The van der Waals surface area contributed by atoms with Crippen molar-refractivity contribution in [3.05, 3.63) is 77.9 Å². The summed E-state index contributed by atoms with van der Waals surface area (Å²) < 4.78 is 5.66. The minimum atomic E-state index is -0.604. The van der Waals surface area contributed by atoms with Crippen molar-refractivity contribution < 1.29 is 14.6 Å². The average molecular weight is 463 g/mol. The molecule has 0 fully saturated rings. The molecule has 0 heterocycles. The lowest BCUT2D eigenvalue weighted by Gasteiger charge is -2.17. The number of nitrogens with one attached hydrogen (secondary N) is 2. The van der Waals surface area contributed by atoms with Gasteiger partial charge in [0.15, 0.2) is 0 Å². The second-order valence-electron chi connectivity index (χ2n) is 8.81. The van der Waals surface area contributed by atoms with Crippen molar-refractivity contribution in [1.82, 2.24) is 4.90 Å². The summed E-state index contributed by atoms with van der Waals surface area (Å²) in [6, 6.07) is 21.0. The molecule has 1 atom stereocenters. The van der Waals surface area contributed by atoms with E-state index in [-0.39, 0.29) is 12.5 Å². The third-order valence-corrected chi connectivity index (χ3v) is 5.24. The summed E-state index contributed by atoms with van der Waals surface area (Å²) in [5.41, 5.74) is 5.23. The van der Waals surface area contributed by atoms with Crippen LogP contribution in [0.3, 0.4) is 0 Å². The molecular formula is C27H34N4O3. The summed E-state index contributed by atoms with van der Waals surface area (Å²) in [6.07, 6.45) is -0.604. The van der Waals surface area contributed by atoms with Crippen LogP contribution in [0.2, 0.25) is 0 Å². The number of hydrogen-bond acceptors (Lipinski definition) is 6. The van der Waals surface area contributed by atoms with Crippen molar-refractivity contribution in [2.24, 2.45) is 0 Å². The molecule has 0 bridgehead atoms. The van der Waals surface area contributed by atoms with Gasteiger partial charge in [0.25, 0.3) is 5.91 Å². The van der Waals surface area contributed by atoms with Gasteiger partial charge in [-0.2, -0.15) is 0 Å². The number of carbonyl (C=O) groups is 1. The molecule has 1 amide bonds. The van der Waals surface area contributed by atoms with E-state index in [1.165, 1.54) is 0 Å². The van der Waals surface area contributed by atoms with E-state index in [2.05, 4.69) is 27.7 Å². The number of nitrogens with zero attached hydrogens (tertiary/aromatic N) is 2. The number of ether oxygens (including phenoxy) is 1. The fourth-order valence-electron chi connectivity index (χ4n) is 3.50. The molecule has 0 saturated heterocycles. The van der Waals surface area contributed by atoms with Crippen LogP contribution in [0.25, 0.3) is 0 Å². The van der Waals surface area contributed by atoms with E-state index >= 15 is 0 Å². The molecule has 7 heteroatoms. The Balaban J connectivity index is 1.63. The molecular weight excluding hydrogens is 428 g/mol. The van der Waals surface area contributed by atoms with Crippen LogP contribution in [0, 0.1) is 6.92 Å². The van der Waals surface area contributed by atoms with Gasteiger partial charge in [0.05, 0.1) is 0 Å². The van der Waals surface area contributed by atoms with Crippen molar-refractivity contribution >= 4 is 28.7 Å². The third-order valence-electron chi connectivity index (χ3n) is 5.24. The number of carbonyl (C=O) groups excluding carboxylic acids is 1. The number of amides is 1. The summed E-state index contributed by atoms with van der Waals surface area (Å²) >= 11 is 0. The first-order chi connectivity index (χ1) is 16.2. The van der Waals surface area contributed by atoms with E-state index in [0.29, 0.717) is 17.9 Å². The summed E-state index contributed by atoms with van der Waals surface area (Å²) in [6.45, 7) is 2.63. The first-order valence-electron chi connectivity index (χ1n) is 11.2. The van der Waals surface area contributed by atoms with Gasteiger partial charge in [0, 0.05) is 49.0 Å². The summed E-state index contributed by atoms with van der Waals surface area (Å²) in [4.78, 5) is 16.8. The van der Waals surface area contributed by atoms with E-state index in [9.17, 15) is 9.90 Å². The van der Waals surface area contributed by atoms with Crippen LogP contribution >= 0.6 is 0 Å². The highest BCUT2D eigenvalue weighted by Gasteiger charge is 2.11. The number of aliphatic hydroxyl groups is 1. The van der Waals surface area contributed by atoms with E-state index in [1.807, 2.05) is 70.3 Å². The summed E-state index contributed by atoms with van der Waals surface area (Å²) in [7, 11) is 7.80. The molecule has 0 aliphatic rings. The number of aryl methyl sites for hydroxylation is 1. The van der Waals surface area contributed by atoms with Crippen LogP contribution in [-0.2, 0) is 0 Å². The van der Waals surface area contributed by atoms with Crippen LogP contribution in [0.15, 0.2) is 66.7 Å². The van der Waals surface area contributed by atoms with Gasteiger partial charge >= 0.3 is 0 Å². The number of likely N-dealkylation sites (N-methyl/N-ethyl adjacent to an activating group) is 1. The van der Waals surface area contributed by atoms with Crippen molar-refractivity contribution in [2.45, 2.75) is 13.0 Å². The maximum absolute atomic E-state index is 12.8. The molecule has 0 radical (unpaired) electrons. The van der Waals surface area contributed by atoms with Gasteiger partial charge < -0.3 is 30.3 Å². The largest absolute Gasteiger partial charge is 0.491 e. The zero-order valence-corrected chi connectivity index (χ0v) is 20.5. The Hall–Kier alpha value is -3.55. The zero-order valence-electron chi connectivity index (χ0n) is 20.5. The highest BCUT2D eigenvalue weighted by atomic mass is 16.5. The minimum absolute atomic E-state index is 0.161. The summed E-state index contributed by atoms with van der Waals surface area (Å²) in [5, 5.41) is 16.4. The molecule has 0 aliphatic carbocycles. The quantitative estimate of drug-likeness (QED) is 0.416. The Bertz CT molecular complexity index is 1110. The number of rotatable bonds is 10. The van der Waals surface area contributed by atoms with E-state index in [0.717, 1.165) is 28.3 Å². The average Bonchev–Trinajstić information content (AvgIpc) is 2.79. The Morgan fingerprint density at radius 3 is 2.41 bits per heavy atom. The molecule has 3 aromatic carbocycles. The van der Waals surface area contributed by atoms with Crippen LogP contribution in [-0.4, -0.2) is 63.4 Å². The standard InChI is InChI=1S/C27H34N4O3/c1-19-14-22(28-21-9-7-10-23(16-21)31(4)5)12-13-26(19)29-27(33)20-8-6-11-25(15-20)34-18-24(32)17-30(2)3/h6-16,24,28,32H,17-18H2,1-5H3,(H,29,33). The topological polar surface area (TPSA) is 77.1 Å². The monoisotopic (exact) mass is 462 g/mol. The Morgan fingerprint density at radius 1 is 0.971 bits per heavy atom. The number of aliphatic hydroxyl groups excluding tert-OH is 1. The van der Waals surface area contributed by atoms with E-state index < -0.39 is 6.10 Å². The highest BCUT2D eigenvalue weighted by Crippen LogP contribution is 2.25. The normalized spacial score (nSPS) is 11.7.